The molecular weight excluding hydrogens is 473 g/mol. The zero-order chi connectivity index (χ0) is 23.9. The number of fused-ring (bicyclic) bond motifs is 1. The molecule has 2 aromatic heterocycles. The van der Waals surface area contributed by atoms with Gasteiger partial charge in [-0.25, -0.2) is 15.0 Å². The van der Waals surface area contributed by atoms with Crippen LogP contribution in [0.3, 0.4) is 0 Å². The average Bonchev–Trinajstić information content (AvgIpc) is 3.24. The first-order chi connectivity index (χ1) is 16.4. The highest BCUT2D eigenvalue weighted by Crippen LogP contribution is 2.36. The number of likely N-dealkylation sites (N-methyl/N-ethyl adjacent to an activating group) is 1. The number of nitrogens with two attached hydrogens (primary N) is 1. The van der Waals surface area contributed by atoms with E-state index in [1.807, 2.05) is 53.1 Å². The Kier molecular flexibility index (Phi) is 5.89. The van der Waals surface area contributed by atoms with E-state index in [1.165, 1.54) is 6.33 Å². The molecule has 0 aliphatic carbocycles. The molecule has 0 unspecified atom stereocenters. The summed E-state index contributed by atoms with van der Waals surface area (Å²) in [4.78, 5) is 28.3. The largest absolute Gasteiger partial charge is 0.368 e. The van der Waals surface area contributed by atoms with Gasteiger partial charge in [-0.3, -0.25) is 9.36 Å². The van der Waals surface area contributed by atoms with Gasteiger partial charge in [0.2, 0.25) is 5.91 Å². The first kappa shape index (κ1) is 22.6. The Labute approximate surface area is 206 Å². The zero-order valence-electron chi connectivity index (χ0n) is 18.5. The molecule has 8 nitrogen and oxygen atoms in total. The van der Waals surface area contributed by atoms with Gasteiger partial charge in [0.1, 0.15) is 17.7 Å². The van der Waals surface area contributed by atoms with E-state index in [0.717, 1.165) is 11.3 Å². The van der Waals surface area contributed by atoms with E-state index >= 15 is 0 Å². The minimum atomic E-state index is -0.714. The summed E-state index contributed by atoms with van der Waals surface area (Å²) >= 11 is 12.7. The molecule has 3 N–H and O–H groups in total. The van der Waals surface area contributed by atoms with Crippen molar-refractivity contribution in [3.8, 4) is 17.1 Å². The summed E-state index contributed by atoms with van der Waals surface area (Å²) in [5, 5.41) is 4.34. The third-order valence-corrected chi connectivity index (χ3v) is 7.07. The predicted octanol–water partition coefficient (Wildman–Crippen LogP) is 3.83. The fourth-order valence-corrected chi connectivity index (χ4v) is 4.84. The van der Waals surface area contributed by atoms with Crippen molar-refractivity contribution in [2.75, 3.05) is 25.0 Å². The molecule has 3 heterocycles. The summed E-state index contributed by atoms with van der Waals surface area (Å²) in [6.07, 6.45) is 2.68. The van der Waals surface area contributed by atoms with Crippen LogP contribution in [0.2, 0.25) is 10.0 Å². The van der Waals surface area contributed by atoms with Crippen LogP contribution in [0.4, 0.5) is 5.82 Å². The van der Waals surface area contributed by atoms with E-state index in [1.54, 1.807) is 7.05 Å². The zero-order valence-corrected chi connectivity index (χ0v) is 20.0. The Bertz CT molecular complexity index is 1360. The Morgan fingerprint density at radius 3 is 2.41 bits per heavy atom. The van der Waals surface area contributed by atoms with Crippen molar-refractivity contribution in [1.29, 1.82) is 0 Å². The number of nitrogens with one attached hydrogen (secondary N) is 1. The molecule has 2 aromatic carbocycles. The molecular formula is C24H23Cl2N7O. The number of benzene rings is 2. The molecule has 10 heteroatoms. The number of primary amides is 1. The molecule has 34 heavy (non-hydrogen) atoms. The Morgan fingerprint density at radius 1 is 1.06 bits per heavy atom. The highest BCUT2D eigenvalue weighted by molar-refractivity contribution is 6.33. The highest BCUT2D eigenvalue weighted by atomic mass is 35.5. The second kappa shape index (κ2) is 8.87. The number of aromatic nitrogens is 4. The maximum Gasteiger partial charge on any atom is 0.237 e. The van der Waals surface area contributed by atoms with E-state index < -0.39 is 5.54 Å². The number of halogens is 2. The fraction of sp³-hybridized carbons (Fsp3) is 0.250. The summed E-state index contributed by atoms with van der Waals surface area (Å²) in [5.41, 5.74) is 7.91. The molecule has 1 fully saturated rings. The maximum absolute atomic E-state index is 12.1. The molecule has 1 saturated heterocycles. The second-order valence-corrected chi connectivity index (χ2v) is 9.12. The molecule has 174 valence electrons. The van der Waals surface area contributed by atoms with Gasteiger partial charge in [0.05, 0.1) is 5.02 Å². The molecule has 1 amide bonds. The lowest BCUT2D eigenvalue weighted by Gasteiger charge is -2.39. The molecule has 1 aliphatic heterocycles. The van der Waals surface area contributed by atoms with Crippen molar-refractivity contribution in [3.05, 3.63) is 64.9 Å². The molecule has 0 spiro atoms. The number of carbonyl (C=O) groups is 1. The molecule has 4 aromatic rings. The number of piperidine rings is 1. The third kappa shape index (κ3) is 3.77. The van der Waals surface area contributed by atoms with Crippen LogP contribution in [0, 0.1) is 0 Å². The molecule has 0 radical (unpaired) electrons. The Hall–Kier alpha value is -3.20. The summed E-state index contributed by atoms with van der Waals surface area (Å²) in [6.45, 7) is 1.20. The van der Waals surface area contributed by atoms with Crippen molar-refractivity contribution in [1.82, 2.24) is 24.8 Å². The molecule has 0 atom stereocenters. The van der Waals surface area contributed by atoms with E-state index in [4.69, 9.17) is 33.9 Å². The van der Waals surface area contributed by atoms with E-state index in [9.17, 15) is 4.79 Å². The van der Waals surface area contributed by atoms with Crippen molar-refractivity contribution < 1.29 is 4.79 Å². The number of hydrogen-bond acceptors (Lipinski definition) is 6. The van der Waals surface area contributed by atoms with Crippen LogP contribution < -0.4 is 16.0 Å². The van der Waals surface area contributed by atoms with Crippen LogP contribution in [-0.4, -0.2) is 51.1 Å². The van der Waals surface area contributed by atoms with Gasteiger partial charge in [-0.05, 0) is 56.3 Å². The van der Waals surface area contributed by atoms with Crippen LogP contribution in [0.25, 0.3) is 28.2 Å². The van der Waals surface area contributed by atoms with Crippen LogP contribution >= 0.6 is 23.2 Å². The van der Waals surface area contributed by atoms with Crippen molar-refractivity contribution in [3.63, 3.8) is 0 Å². The van der Waals surface area contributed by atoms with E-state index in [-0.39, 0.29) is 5.91 Å². The lowest BCUT2D eigenvalue weighted by molar-refractivity contribution is -0.125. The summed E-state index contributed by atoms with van der Waals surface area (Å²) in [5.74, 6) is 1.03. The van der Waals surface area contributed by atoms with Gasteiger partial charge in [-0.2, -0.15) is 0 Å². The van der Waals surface area contributed by atoms with Gasteiger partial charge in [-0.1, -0.05) is 35.3 Å². The van der Waals surface area contributed by atoms with E-state index in [0.29, 0.717) is 58.8 Å². The summed E-state index contributed by atoms with van der Waals surface area (Å²) in [6, 6.07) is 15.1. The van der Waals surface area contributed by atoms with Crippen molar-refractivity contribution >= 4 is 46.1 Å². The normalized spacial score (nSPS) is 15.6. The number of amides is 1. The van der Waals surface area contributed by atoms with Crippen LogP contribution in [-0.2, 0) is 4.79 Å². The average molecular weight is 496 g/mol. The lowest BCUT2D eigenvalue weighted by Crippen LogP contribution is -2.59. The molecule has 0 saturated carbocycles. The SMILES string of the molecule is CNC1(C(N)=O)CCN(c2ncnc3c2nc(-c2ccccc2Cl)n3-c2ccc(Cl)cc2)CC1. The lowest BCUT2D eigenvalue weighted by atomic mass is 9.87. The minimum Gasteiger partial charge on any atom is -0.368 e. The second-order valence-electron chi connectivity index (χ2n) is 8.28. The van der Waals surface area contributed by atoms with Gasteiger partial charge < -0.3 is 16.0 Å². The third-order valence-electron chi connectivity index (χ3n) is 6.49. The van der Waals surface area contributed by atoms with Gasteiger partial charge in [0.15, 0.2) is 17.0 Å². The molecule has 5 rings (SSSR count). The topological polar surface area (TPSA) is 102 Å². The first-order valence-corrected chi connectivity index (χ1v) is 11.7. The number of anilines is 1. The van der Waals surface area contributed by atoms with Gasteiger partial charge in [0, 0.05) is 29.4 Å². The van der Waals surface area contributed by atoms with Crippen molar-refractivity contribution in [2.45, 2.75) is 18.4 Å². The monoisotopic (exact) mass is 495 g/mol. The van der Waals surface area contributed by atoms with Gasteiger partial charge in [0.25, 0.3) is 0 Å². The maximum atomic E-state index is 12.1. The van der Waals surface area contributed by atoms with E-state index in [2.05, 4.69) is 20.2 Å². The number of nitrogens with zero attached hydrogens (tertiary/aromatic N) is 5. The highest BCUT2D eigenvalue weighted by Gasteiger charge is 2.39. The van der Waals surface area contributed by atoms with Crippen LogP contribution in [0.15, 0.2) is 54.9 Å². The number of imidazole rings is 1. The molecule has 0 bridgehead atoms. The number of hydrogen-bond donors (Lipinski definition) is 2. The number of rotatable bonds is 5. The summed E-state index contributed by atoms with van der Waals surface area (Å²) < 4.78 is 1.96. The first-order valence-electron chi connectivity index (χ1n) is 10.9. The van der Waals surface area contributed by atoms with Gasteiger partial charge >= 0.3 is 0 Å². The Morgan fingerprint density at radius 2 is 1.76 bits per heavy atom. The van der Waals surface area contributed by atoms with Crippen molar-refractivity contribution in [2.24, 2.45) is 5.73 Å². The summed E-state index contributed by atoms with van der Waals surface area (Å²) in [7, 11) is 1.77. The predicted molar refractivity (Wildman–Crippen MR) is 135 cm³/mol. The quantitative estimate of drug-likeness (QED) is 0.436. The fourth-order valence-electron chi connectivity index (χ4n) is 4.49. The standard InChI is InChI=1S/C24H23Cl2N7O/c1-28-24(23(27)34)10-12-32(13-11-24)21-19-22(30-14-29-21)33(16-8-6-15(25)7-9-16)20(31-19)17-4-2-3-5-18(17)26/h2-9,14,28H,10-13H2,1H3,(H2,27,34). The van der Waals surface area contributed by atoms with Gasteiger partial charge in [-0.15, -0.1) is 0 Å². The smallest absolute Gasteiger partial charge is 0.237 e. The Balaban J connectivity index is 1.66. The van der Waals surface area contributed by atoms with Crippen LogP contribution in [0.5, 0.6) is 0 Å². The number of carbonyl (C=O) groups excluding carboxylic acids is 1. The minimum absolute atomic E-state index is 0.337. The van der Waals surface area contributed by atoms with Crippen LogP contribution in [0.1, 0.15) is 12.8 Å². The molecule has 1 aliphatic rings.